The molecule has 0 aromatic carbocycles. The lowest BCUT2D eigenvalue weighted by Crippen LogP contribution is -2.27. The summed E-state index contributed by atoms with van der Waals surface area (Å²) in [6.07, 6.45) is 2.23. The highest BCUT2D eigenvalue weighted by atomic mass is 32.2. The number of sulfonamides is 1. The first-order chi connectivity index (χ1) is 6.64. The Labute approximate surface area is 86.5 Å². The molecule has 0 aliphatic carbocycles. The van der Waals surface area contributed by atoms with Crippen molar-refractivity contribution in [1.29, 1.82) is 5.26 Å². The van der Waals surface area contributed by atoms with E-state index in [9.17, 15) is 8.42 Å². The Hall–Kier alpha value is -0.970. The van der Waals surface area contributed by atoms with E-state index in [-0.39, 0.29) is 6.54 Å². The summed E-state index contributed by atoms with van der Waals surface area (Å²) >= 11 is 1.48. The Bertz CT molecular complexity index is 405. The van der Waals surface area contributed by atoms with E-state index in [2.05, 4.69) is 9.71 Å². The van der Waals surface area contributed by atoms with Crippen LogP contribution in [0.25, 0.3) is 0 Å². The van der Waals surface area contributed by atoms with E-state index >= 15 is 0 Å². The zero-order chi connectivity index (χ0) is 10.4. The minimum absolute atomic E-state index is 0.289. The van der Waals surface area contributed by atoms with Gasteiger partial charge in [0.25, 0.3) is 0 Å². The molecule has 14 heavy (non-hydrogen) atoms. The molecular formula is C7H9N3O2S2. The van der Waals surface area contributed by atoms with Gasteiger partial charge >= 0.3 is 0 Å². The molecule has 0 spiro atoms. The fourth-order valence-corrected chi connectivity index (χ4v) is 2.13. The van der Waals surface area contributed by atoms with Crippen molar-refractivity contribution in [3.63, 3.8) is 0 Å². The second kappa shape index (κ2) is 5.05. The first kappa shape index (κ1) is 11.1. The maximum Gasteiger partial charge on any atom is 0.225 e. The summed E-state index contributed by atoms with van der Waals surface area (Å²) < 4.78 is 24.3. The highest BCUT2D eigenvalue weighted by Crippen LogP contribution is 2.03. The molecule has 0 radical (unpaired) electrons. The Morgan fingerprint density at radius 2 is 2.43 bits per heavy atom. The smallest absolute Gasteiger partial charge is 0.225 e. The number of nitrogens with zero attached hydrogens (tertiary/aromatic N) is 2. The molecule has 1 heterocycles. The van der Waals surface area contributed by atoms with Gasteiger partial charge in [-0.3, -0.25) is 0 Å². The zero-order valence-electron chi connectivity index (χ0n) is 7.30. The van der Waals surface area contributed by atoms with Gasteiger partial charge in [0.05, 0.1) is 11.1 Å². The van der Waals surface area contributed by atoms with Crippen molar-refractivity contribution < 1.29 is 8.42 Å². The summed E-state index contributed by atoms with van der Waals surface area (Å²) in [4.78, 5) is 4.00. The molecule has 7 heteroatoms. The lowest BCUT2D eigenvalue weighted by atomic mass is 10.5. The molecule has 0 aliphatic heterocycles. The van der Waals surface area contributed by atoms with Crippen LogP contribution in [0.3, 0.4) is 0 Å². The normalized spacial score (nSPS) is 11.1. The zero-order valence-corrected chi connectivity index (χ0v) is 8.94. The summed E-state index contributed by atoms with van der Waals surface area (Å²) in [5.74, 6) is -0.495. The highest BCUT2D eigenvalue weighted by Gasteiger charge is 2.08. The monoisotopic (exact) mass is 231 g/mol. The third kappa shape index (κ3) is 3.83. The number of nitrogens with one attached hydrogen (secondary N) is 1. The summed E-state index contributed by atoms with van der Waals surface area (Å²) in [7, 11) is -3.42. The van der Waals surface area contributed by atoms with Crippen LogP contribution in [0.4, 0.5) is 0 Å². The minimum atomic E-state index is -3.42. The van der Waals surface area contributed by atoms with E-state index in [1.54, 1.807) is 12.3 Å². The summed E-state index contributed by atoms with van der Waals surface area (Å²) in [5, 5.41) is 10.9. The van der Waals surface area contributed by atoms with Crippen molar-refractivity contribution in [2.75, 3.05) is 12.3 Å². The summed E-state index contributed by atoms with van der Waals surface area (Å²) in [6, 6.07) is 1.59. The van der Waals surface area contributed by atoms with Gasteiger partial charge in [0.1, 0.15) is 0 Å². The van der Waals surface area contributed by atoms with Crippen LogP contribution < -0.4 is 4.72 Å². The molecule has 0 bridgehead atoms. The largest absolute Gasteiger partial charge is 0.250 e. The standard InChI is InChI=1S/C7H9N3O2S2/c8-2-6-14(11,12)10-3-1-7-9-4-5-13-7/h4-5,10H,1,3,6H2. The van der Waals surface area contributed by atoms with Crippen molar-refractivity contribution >= 4 is 21.4 Å². The Kier molecular flexibility index (Phi) is 4.00. The lowest BCUT2D eigenvalue weighted by molar-refractivity contribution is 0.585. The maximum absolute atomic E-state index is 11.0. The summed E-state index contributed by atoms with van der Waals surface area (Å²) in [5.41, 5.74) is 0. The van der Waals surface area contributed by atoms with Crippen LogP contribution in [0.15, 0.2) is 11.6 Å². The average Bonchev–Trinajstić information content (AvgIpc) is 2.56. The molecule has 0 unspecified atom stereocenters. The van der Waals surface area contributed by atoms with Gasteiger partial charge in [-0.25, -0.2) is 18.1 Å². The average molecular weight is 231 g/mol. The maximum atomic E-state index is 11.0. The van der Waals surface area contributed by atoms with Crippen molar-refractivity contribution in [3.8, 4) is 6.07 Å². The van der Waals surface area contributed by atoms with Crippen LogP contribution >= 0.6 is 11.3 Å². The Balaban J connectivity index is 2.32. The van der Waals surface area contributed by atoms with Gasteiger partial charge in [-0.05, 0) is 0 Å². The topological polar surface area (TPSA) is 82.8 Å². The molecule has 5 nitrogen and oxygen atoms in total. The van der Waals surface area contributed by atoms with Crippen LogP contribution in [0.5, 0.6) is 0 Å². The molecule has 0 fully saturated rings. The predicted molar refractivity (Wildman–Crippen MR) is 53.2 cm³/mol. The Morgan fingerprint density at radius 1 is 1.64 bits per heavy atom. The van der Waals surface area contributed by atoms with E-state index in [1.807, 2.05) is 5.38 Å². The molecule has 76 valence electrons. The van der Waals surface area contributed by atoms with Crippen molar-refractivity contribution in [2.24, 2.45) is 0 Å². The molecular weight excluding hydrogens is 222 g/mol. The Morgan fingerprint density at radius 3 is 3.00 bits per heavy atom. The number of hydrogen-bond donors (Lipinski definition) is 1. The van der Waals surface area contributed by atoms with Crippen LogP contribution in [-0.4, -0.2) is 25.7 Å². The van der Waals surface area contributed by atoms with Crippen molar-refractivity contribution in [2.45, 2.75) is 6.42 Å². The predicted octanol–water partition coefficient (Wildman–Crippen LogP) is 0.129. The van der Waals surface area contributed by atoms with Crippen LogP contribution in [0.2, 0.25) is 0 Å². The molecule has 1 aromatic heterocycles. The molecule has 0 saturated carbocycles. The third-order valence-corrected chi connectivity index (χ3v) is 3.39. The molecule has 0 saturated heterocycles. The molecule has 0 amide bonds. The first-order valence-electron chi connectivity index (χ1n) is 3.87. The van der Waals surface area contributed by atoms with Gasteiger partial charge in [-0.1, -0.05) is 0 Å². The van der Waals surface area contributed by atoms with E-state index in [4.69, 9.17) is 5.26 Å². The van der Waals surface area contributed by atoms with Gasteiger partial charge in [-0.15, -0.1) is 11.3 Å². The first-order valence-corrected chi connectivity index (χ1v) is 6.40. The number of nitriles is 1. The van der Waals surface area contributed by atoms with Gasteiger partial charge in [-0.2, -0.15) is 5.26 Å². The van der Waals surface area contributed by atoms with E-state index < -0.39 is 15.8 Å². The highest BCUT2D eigenvalue weighted by molar-refractivity contribution is 7.89. The van der Waals surface area contributed by atoms with Crippen molar-refractivity contribution in [1.82, 2.24) is 9.71 Å². The SMILES string of the molecule is N#CCS(=O)(=O)NCCc1nccs1. The summed E-state index contributed by atoms with van der Waals surface area (Å²) in [6.45, 7) is 0.289. The second-order valence-corrected chi connectivity index (χ2v) is 5.27. The van der Waals surface area contributed by atoms with Gasteiger partial charge in [0, 0.05) is 24.5 Å². The molecule has 1 aromatic rings. The van der Waals surface area contributed by atoms with Gasteiger partial charge in [0.15, 0.2) is 5.75 Å². The quantitative estimate of drug-likeness (QED) is 0.780. The van der Waals surface area contributed by atoms with E-state index in [1.165, 1.54) is 11.3 Å². The number of aromatic nitrogens is 1. The molecule has 0 aliphatic rings. The number of hydrogen-bond acceptors (Lipinski definition) is 5. The number of thiazole rings is 1. The van der Waals surface area contributed by atoms with Crippen LogP contribution in [0.1, 0.15) is 5.01 Å². The van der Waals surface area contributed by atoms with Gasteiger partial charge in [0.2, 0.25) is 10.0 Å². The lowest BCUT2D eigenvalue weighted by Gasteiger charge is -2.00. The second-order valence-electron chi connectivity index (χ2n) is 2.49. The number of rotatable bonds is 5. The van der Waals surface area contributed by atoms with E-state index in [0.29, 0.717) is 6.42 Å². The molecule has 1 N–H and O–H groups in total. The molecule has 1 rings (SSSR count). The van der Waals surface area contributed by atoms with Crippen molar-refractivity contribution in [3.05, 3.63) is 16.6 Å². The molecule has 0 atom stereocenters. The van der Waals surface area contributed by atoms with Gasteiger partial charge < -0.3 is 0 Å². The van der Waals surface area contributed by atoms with Crippen LogP contribution in [-0.2, 0) is 16.4 Å². The fraction of sp³-hybridized carbons (Fsp3) is 0.429. The fourth-order valence-electron chi connectivity index (χ4n) is 0.826. The van der Waals surface area contributed by atoms with E-state index in [0.717, 1.165) is 5.01 Å². The minimum Gasteiger partial charge on any atom is -0.250 e. The van der Waals surface area contributed by atoms with Crippen LogP contribution in [0, 0.1) is 11.3 Å². The third-order valence-electron chi connectivity index (χ3n) is 1.40.